The molecule has 4 rings (SSSR count). The summed E-state index contributed by atoms with van der Waals surface area (Å²) in [7, 11) is 0. The normalized spacial score (nSPS) is 15.9. The number of rotatable bonds is 5. The van der Waals surface area contributed by atoms with Gasteiger partial charge >= 0.3 is 6.01 Å². The van der Waals surface area contributed by atoms with E-state index in [1.165, 1.54) is 19.3 Å². The molecule has 10 heteroatoms. The minimum atomic E-state index is -0.0588. The third-order valence-electron chi connectivity index (χ3n) is 4.92. The van der Waals surface area contributed by atoms with Crippen molar-refractivity contribution in [1.29, 1.82) is 5.26 Å². The van der Waals surface area contributed by atoms with Gasteiger partial charge in [-0.3, -0.25) is 9.78 Å². The van der Waals surface area contributed by atoms with Crippen LogP contribution in [0.2, 0.25) is 5.02 Å². The lowest BCUT2D eigenvalue weighted by atomic mass is 10.2. The molecule has 1 fully saturated rings. The molecule has 1 saturated heterocycles. The molecule has 3 aromatic rings. The zero-order chi connectivity index (χ0) is 21.3. The Morgan fingerprint density at radius 3 is 3.03 bits per heavy atom. The number of amides is 1. The summed E-state index contributed by atoms with van der Waals surface area (Å²) in [6.45, 7) is 4.84. The fourth-order valence-corrected chi connectivity index (χ4v) is 3.94. The average Bonchev–Trinajstić information content (AvgIpc) is 3.31. The molecule has 0 spiro atoms. The fourth-order valence-electron chi connectivity index (χ4n) is 3.59. The van der Waals surface area contributed by atoms with Crippen molar-refractivity contribution in [3.05, 3.63) is 34.7 Å². The summed E-state index contributed by atoms with van der Waals surface area (Å²) in [6.07, 6.45) is 4.47. The molecule has 1 amide bonds. The van der Waals surface area contributed by atoms with Crippen LogP contribution in [-0.2, 0) is 11.2 Å². The number of anilines is 1. The lowest BCUT2D eigenvalue weighted by Crippen LogP contribution is -2.35. The maximum Gasteiger partial charge on any atom is 0.326 e. The van der Waals surface area contributed by atoms with Crippen LogP contribution >= 0.6 is 11.6 Å². The van der Waals surface area contributed by atoms with Crippen LogP contribution in [0.15, 0.2) is 18.5 Å². The van der Waals surface area contributed by atoms with Gasteiger partial charge in [0, 0.05) is 44.0 Å². The van der Waals surface area contributed by atoms with Gasteiger partial charge in [0.25, 0.3) is 0 Å². The second-order valence-corrected chi connectivity index (χ2v) is 7.46. The van der Waals surface area contributed by atoms with Crippen LogP contribution in [0.25, 0.3) is 11.0 Å². The lowest BCUT2D eigenvalue weighted by Gasteiger charge is -2.19. The number of halogens is 1. The second kappa shape index (κ2) is 8.16. The monoisotopic (exact) mass is 425 g/mol. The fraction of sp³-hybridized carbons (Fsp3) is 0.350. The highest BCUT2D eigenvalue weighted by atomic mass is 35.5. The molecule has 0 aliphatic carbocycles. The first-order valence-corrected chi connectivity index (χ1v) is 9.99. The second-order valence-electron chi connectivity index (χ2n) is 7.08. The van der Waals surface area contributed by atoms with Crippen molar-refractivity contribution in [2.75, 3.05) is 18.0 Å². The number of aryl methyl sites for hydroxylation is 1. The van der Waals surface area contributed by atoms with Crippen LogP contribution in [0.4, 0.5) is 5.82 Å². The number of fused-ring (bicyclic) bond motifs is 1. The smallest absolute Gasteiger partial charge is 0.326 e. The van der Waals surface area contributed by atoms with E-state index >= 15 is 0 Å². The highest BCUT2D eigenvalue weighted by Gasteiger charge is 2.28. The molecule has 3 aromatic heterocycles. The maximum atomic E-state index is 11.4. The van der Waals surface area contributed by atoms with Crippen molar-refractivity contribution in [1.82, 2.24) is 25.3 Å². The number of nitrogens with zero attached hydrogens (tertiary/aromatic N) is 5. The van der Waals surface area contributed by atoms with Crippen LogP contribution < -0.4 is 15.0 Å². The zero-order valence-corrected chi connectivity index (χ0v) is 17.3. The molecule has 1 atom stereocenters. The highest BCUT2D eigenvalue weighted by molar-refractivity contribution is 6.37. The first-order chi connectivity index (χ1) is 14.5. The largest absolute Gasteiger partial charge is 0.422 e. The van der Waals surface area contributed by atoms with Gasteiger partial charge in [0.2, 0.25) is 5.91 Å². The van der Waals surface area contributed by atoms with Crippen molar-refractivity contribution in [3.63, 3.8) is 0 Å². The molecule has 4 heterocycles. The Morgan fingerprint density at radius 1 is 1.47 bits per heavy atom. The molecule has 154 valence electrons. The Labute approximate surface area is 178 Å². The summed E-state index contributed by atoms with van der Waals surface area (Å²) in [6, 6.07) is 3.76. The van der Waals surface area contributed by atoms with Gasteiger partial charge in [-0.05, 0) is 12.8 Å². The average molecular weight is 426 g/mol. The van der Waals surface area contributed by atoms with Gasteiger partial charge in [0.1, 0.15) is 17.5 Å². The van der Waals surface area contributed by atoms with E-state index in [1.807, 2.05) is 13.0 Å². The number of nitriles is 1. The summed E-state index contributed by atoms with van der Waals surface area (Å²) in [5.74, 6) is 0.954. The summed E-state index contributed by atoms with van der Waals surface area (Å²) < 4.78 is 5.81. The first-order valence-electron chi connectivity index (χ1n) is 9.61. The Morgan fingerprint density at radius 2 is 2.30 bits per heavy atom. The number of carbonyl (C=O) groups is 1. The number of nitrogens with one attached hydrogen (secondary N) is 2. The van der Waals surface area contributed by atoms with Gasteiger partial charge in [0.15, 0.2) is 5.75 Å². The molecule has 9 nitrogen and oxygen atoms in total. The summed E-state index contributed by atoms with van der Waals surface area (Å²) in [5.41, 5.74) is 1.82. The molecular formula is C20H20ClN7O2. The van der Waals surface area contributed by atoms with E-state index in [0.29, 0.717) is 47.3 Å². The topological polar surface area (TPSA) is 120 Å². The number of aromatic amines is 1. The lowest BCUT2D eigenvalue weighted by molar-refractivity contribution is -0.119. The Kier molecular flexibility index (Phi) is 5.42. The molecule has 1 aliphatic rings. The maximum absolute atomic E-state index is 11.4. The van der Waals surface area contributed by atoms with Crippen LogP contribution in [0, 0.1) is 11.3 Å². The van der Waals surface area contributed by atoms with Crippen LogP contribution in [0.3, 0.4) is 0 Å². The standard InChI is InChI=1S/C20H20ClN7O2/c1-3-15-17(21)16-18(25-15)26-20(30-14-6-12(7-22)8-23-9-14)27-19(16)28-5-4-13(10-28)24-11(2)29/h6,8-9,13H,3-5,10H2,1-2H3,(H,24,29)(H,25,26,27)/t13-/m0/s1. The number of carbonyl (C=O) groups excluding carboxylic acids is 1. The first kappa shape index (κ1) is 19.9. The van der Waals surface area contributed by atoms with E-state index in [1.54, 1.807) is 6.07 Å². The number of pyridine rings is 1. The van der Waals surface area contributed by atoms with Crippen LogP contribution in [0.1, 0.15) is 31.5 Å². The van der Waals surface area contributed by atoms with E-state index in [2.05, 4.69) is 30.2 Å². The SMILES string of the molecule is CCc1[nH]c2nc(Oc3cncc(C#N)c3)nc(N3CC[C@H](NC(C)=O)C3)c2c1Cl. The van der Waals surface area contributed by atoms with Crippen molar-refractivity contribution in [2.24, 2.45) is 0 Å². The van der Waals surface area contributed by atoms with Gasteiger partial charge in [-0.1, -0.05) is 18.5 Å². The molecule has 0 unspecified atom stereocenters. The minimum Gasteiger partial charge on any atom is -0.422 e. The highest BCUT2D eigenvalue weighted by Crippen LogP contribution is 2.36. The van der Waals surface area contributed by atoms with E-state index in [4.69, 9.17) is 21.6 Å². The van der Waals surface area contributed by atoms with Crippen LogP contribution in [-0.4, -0.2) is 45.0 Å². The minimum absolute atomic E-state index is 0.0387. The molecule has 0 saturated carbocycles. The summed E-state index contributed by atoms with van der Waals surface area (Å²) in [4.78, 5) is 29.8. The summed E-state index contributed by atoms with van der Waals surface area (Å²) >= 11 is 6.62. The van der Waals surface area contributed by atoms with Crippen molar-refractivity contribution < 1.29 is 9.53 Å². The van der Waals surface area contributed by atoms with Gasteiger partial charge in [-0.2, -0.15) is 15.2 Å². The molecule has 2 N–H and O–H groups in total. The van der Waals surface area contributed by atoms with Gasteiger partial charge < -0.3 is 19.9 Å². The molecular weight excluding hydrogens is 406 g/mol. The molecule has 30 heavy (non-hydrogen) atoms. The Bertz CT molecular complexity index is 1150. The van der Waals surface area contributed by atoms with Crippen molar-refractivity contribution in [2.45, 2.75) is 32.7 Å². The number of ether oxygens (including phenoxy) is 1. The van der Waals surface area contributed by atoms with Crippen LogP contribution in [0.5, 0.6) is 11.8 Å². The predicted molar refractivity (Wildman–Crippen MR) is 112 cm³/mol. The third-order valence-corrected chi connectivity index (χ3v) is 5.34. The molecule has 0 aromatic carbocycles. The number of aromatic nitrogens is 4. The van der Waals surface area contributed by atoms with Gasteiger partial charge in [-0.15, -0.1) is 0 Å². The van der Waals surface area contributed by atoms with Gasteiger partial charge in [-0.25, -0.2) is 0 Å². The third kappa shape index (κ3) is 3.86. The molecule has 0 bridgehead atoms. The number of H-pyrrole nitrogens is 1. The molecule has 1 aliphatic heterocycles. The quantitative estimate of drug-likeness (QED) is 0.644. The predicted octanol–water partition coefficient (Wildman–Crippen LogP) is 2.95. The van der Waals surface area contributed by atoms with Crippen molar-refractivity contribution >= 4 is 34.4 Å². The molecule has 0 radical (unpaired) electrons. The van der Waals surface area contributed by atoms with Gasteiger partial charge in [0.05, 0.1) is 22.2 Å². The van der Waals surface area contributed by atoms with E-state index in [-0.39, 0.29) is 18.0 Å². The number of hydrogen-bond acceptors (Lipinski definition) is 7. The van der Waals surface area contributed by atoms with Crippen molar-refractivity contribution in [3.8, 4) is 17.8 Å². The zero-order valence-electron chi connectivity index (χ0n) is 16.6. The summed E-state index contributed by atoms with van der Waals surface area (Å²) in [5, 5.41) is 13.3. The van der Waals surface area contributed by atoms with E-state index < -0.39 is 0 Å². The number of hydrogen-bond donors (Lipinski definition) is 2. The van der Waals surface area contributed by atoms with E-state index in [9.17, 15) is 4.79 Å². The Balaban J connectivity index is 1.74. The van der Waals surface area contributed by atoms with E-state index in [0.717, 1.165) is 17.5 Å². The Hall–Kier alpha value is -3.38.